The molecule has 0 saturated carbocycles. The van der Waals surface area contributed by atoms with Gasteiger partial charge in [-0.15, -0.1) is 11.8 Å². The van der Waals surface area contributed by atoms with Gasteiger partial charge < -0.3 is 5.11 Å². The molecule has 0 fully saturated rings. The Morgan fingerprint density at radius 3 is 3.00 bits per heavy atom. The van der Waals surface area contributed by atoms with Gasteiger partial charge in [0.1, 0.15) is 5.52 Å². The number of fused-ring (bicyclic) bond motifs is 1. The Labute approximate surface area is 98.8 Å². The molecule has 1 heterocycles. The quantitative estimate of drug-likeness (QED) is 0.509. The van der Waals surface area contributed by atoms with Gasteiger partial charge in [-0.3, -0.25) is 10.1 Å². The molecule has 0 radical (unpaired) electrons. The van der Waals surface area contributed by atoms with Crippen molar-refractivity contribution in [2.24, 2.45) is 0 Å². The van der Waals surface area contributed by atoms with Crippen LogP contribution in [-0.2, 0) is 0 Å². The Morgan fingerprint density at radius 2 is 2.31 bits per heavy atom. The van der Waals surface area contributed by atoms with Gasteiger partial charge in [-0.1, -0.05) is 0 Å². The molecular formula is C8H7N3O3S2. The fourth-order valence-electron chi connectivity index (χ4n) is 1.27. The van der Waals surface area contributed by atoms with Crippen molar-refractivity contribution < 1.29 is 10.0 Å². The summed E-state index contributed by atoms with van der Waals surface area (Å²) in [6.07, 6.45) is 0. The van der Waals surface area contributed by atoms with Gasteiger partial charge in [0.15, 0.2) is 5.52 Å². The fourth-order valence-corrected chi connectivity index (χ4v) is 2.59. The topological polar surface area (TPSA) is 89.2 Å². The van der Waals surface area contributed by atoms with Crippen LogP contribution in [-0.4, -0.2) is 31.1 Å². The molecule has 0 atom stereocenters. The van der Waals surface area contributed by atoms with Crippen LogP contribution in [0, 0.1) is 10.1 Å². The van der Waals surface area contributed by atoms with Gasteiger partial charge in [-0.2, -0.15) is 8.75 Å². The van der Waals surface area contributed by atoms with Crippen molar-refractivity contribution >= 4 is 40.2 Å². The SMILES string of the molecule is O=[N+]([O-])c1c(SCCO)ccc2nsnc12. The zero-order chi connectivity index (χ0) is 11.5. The van der Waals surface area contributed by atoms with Crippen LogP contribution >= 0.6 is 23.5 Å². The summed E-state index contributed by atoms with van der Waals surface area (Å²) in [6, 6.07) is 3.34. The standard InChI is InChI=1S/C8H7N3O3S2/c12-3-4-15-6-2-1-5-7(10-16-9-5)8(6)11(13)14/h1-2,12H,3-4H2. The van der Waals surface area contributed by atoms with Crippen molar-refractivity contribution in [3.63, 3.8) is 0 Å². The summed E-state index contributed by atoms with van der Waals surface area (Å²) in [5.74, 6) is 0.421. The molecule has 0 saturated heterocycles. The summed E-state index contributed by atoms with van der Waals surface area (Å²) in [4.78, 5) is 11.0. The van der Waals surface area contributed by atoms with E-state index in [2.05, 4.69) is 8.75 Å². The van der Waals surface area contributed by atoms with E-state index in [1.807, 2.05) is 0 Å². The minimum Gasteiger partial charge on any atom is -0.396 e. The minimum atomic E-state index is -0.455. The number of nitro groups is 1. The molecule has 2 rings (SSSR count). The van der Waals surface area contributed by atoms with Gasteiger partial charge >= 0.3 is 5.69 Å². The van der Waals surface area contributed by atoms with Crippen molar-refractivity contribution in [1.29, 1.82) is 0 Å². The number of nitrogens with zero attached hydrogens (tertiary/aromatic N) is 3. The molecule has 1 aromatic heterocycles. The molecule has 0 aliphatic carbocycles. The number of benzene rings is 1. The molecular weight excluding hydrogens is 250 g/mol. The van der Waals surface area contributed by atoms with Crippen molar-refractivity contribution in [2.75, 3.05) is 12.4 Å². The molecule has 0 spiro atoms. The molecule has 8 heteroatoms. The van der Waals surface area contributed by atoms with Crippen molar-refractivity contribution in [2.45, 2.75) is 4.90 Å². The van der Waals surface area contributed by atoms with Crippen LogP contribution < -0.4 is 0 Å². The van der Waals surface area contributed by atoms with Gasteiger partial charge in [-0.25, -0.2) is 0 Å². The first-order valence-corrected chi connectivity index (χ1v) is 6.09. The highest BCUT2D eigenvalue weighted by Gasteiger charge is 2.21. The van der Waals surface area contributed by atoms with Crippen LogP contribution in [0.1, 0.15) is 0 Å². The maximum absolute atomic E-state index is 11.0. The largest absolute Gasteiger partial charge is 0.396 e. The van der Waals surface area contributed by atoms with E-state index in [0.717, 1.165) is 11.7 Å². The number of aliphatic hydroxyl groups is 1. The maximum Gasteiger partial charge on any atom is 0.311 e. The summed E-state index contributed by atoms with van der Waals surface area (Å²) in [6.45, 7) is -0.0187. The predicted octanol–water partition coefficient (Wildman–Crippen LogP) is 1.68. The van der Waals surface area contributed by atoms with Gasteiger partial charge in [0.25, 0.3) is 0 Å². The molecule has 0 amide bonds. The zero-order valence-corrected chi connectivity index (χ0v) is 9.62. The second kappa shape index (κ2) is 4.73. The number of hydrogen-bond donors (Lipinski definition) is 1. The number of hydrogen-bond acceptors (Lipinski definition) is 7. The van der Waals surface area contributed by atoms with Crippen LogP contribution in [0.3, 0.4) is 0 Å². The lowest BCUT2D eigenvalue weighted by Gasteiger charge is -2.01. The van der Waals surface area contributed by atoms with E-state index in [-0.39, 0.29) is 12.3 Å². The average molecular weight is 257 g/mol. The number of nitro benzene ring substituents is 1. The molecule has 0 aliphatic rings. The lowest BCUT2D eigenvalue weighted by Crippen LogP contribution is -1.94. The Bertz CT molecular complexity index is 528. The molecule has 0 bridgehead atoms. The zero-order valence-electron chi connectivity index (χ0n) is 7.99. The van der Waals surface area contributed by atoms with Crippen molar-refractivity contribution in [1.82, 2.24) is 8.75 Å². The molecule has 2 aromatic rings. The van der Waals surface area contributed by atoms with E-state index in [0.29, 0.717) is 21.7 Å². The number of rotatable bonds is 4. The highest BCUT2D eigenvalue weighted by atomic mass is 32.2. The van der Waals surface area contributed by atoms with E-state index in [9.17, 15) is 10.1 Å². The van der Waals surface area contributed by atoms with E-state index >= 15 is 0 Å². The third-order valence-electron chi connectivity index (χ3n) is 1.90. The minimum absolute atomic E-state index is 0.0187. The average Bonchev–Trinajstić information content (AvgIpc) is 2.72. The molecule has 1 aromatic carbocycles. The van der Waals surface area contributed by atoms with Gasteiger partial charge in [0, 0.05) is 5.75 Å². The number of aromatic nitrogens is 2. The number of aliphatic hydroxyl groups excluding tert-OH is 1. The Hall–Kier alpha value is -1.25. The molecule has 1 N–H and O–H groups in total. The molecule has 0 aliphatic heterocycles. The summed E-state index contributed by atoms with van der Waals surface area (Å²) in [7, 11) is 0. The molecule has 0 unspecified atom stereocenters. The summed E-state index contributed by atoms with van der Waals surface area (Å²) >= 11 is 2.19. The summed E-state index contributed by atoms with van der Waals surface area (Å²) in [5.41, 5.74) is 0.827. The number of thioether (sulfide) groups is 1. The molecule has 16 heavy (non-hydrogen) atoms. The van der Waals surface area contributed by atoms with Crippen LogP contribution in [0.2, 0.25) is 0 Å². The van der Waals surface area contributed by atoms with E-state index in [4.69, 9.17) is 5.11 Å². The Balaban J connectivity index is 2.54. The third-order valence-corrected chi connectivity index (χ3v) is 3.47. The van der Waals surface area contributed by atoms with Gasteiger partial charge in [0.2, 0.25) is 0 Å². The third kappa shape index (κ3) is 1.99. The second-order valence-corrected chi connectivity index (χ2v) is 4.54. The van der Waals surface area contributed by atoms with Gasteiger partial charge in [-0.05, 0) is 12.1 Å². The normalized spacial score (nSPS) is 10.8. The van der Waals surface area contributed by atoms with Crippen LogP contribution in [0.15, 0.2) is 17.0 Å². The van der Waals surface area contributed by atoms with Crippen molar-refractivity contribution in [3.05, 3.63) is 22.2 Å². The first kappa shape index (κ1) is 11.2. The van der Waals surface area contributed by atoms with Crippen LogP contribution in [0.4, 0.5) is 5.69 Å². The fraction of sp³-hybridized carbons (Fsp3) is 0.250. The Kier molecular flexibility index (Phi) is 3.32. The first-order valence-electron chi connectivity index (χ1n) is 4.37. The highest BCUT2D eigenvalue weighted by Crippen LogP contribution is 2.34. The van der Waals surface area contributed by atoms with Crippen LogP contribution in [0.5, 0.6) is 0 Å². The van der Waals surface area contributed by atoms with E-state index < -0.39 is 4.92 Å². The predicted molar refractivity (Wildman–Crippen MR) is 61.9 cm³/mol. The van der Waals surface area contributed by atoms with E-state index in [1.165, 1.54) is 11.8 Å². The smallest absolute Gasteiger partial charge is 0.311 e. The lowest BCUT2D eigenvalue weighted by molar-refractivity contribution is -0.386. The highest BCUT2D eigenvalue weighted by molar-refractivity contribution is 7.99. The maximum atomic E-state index is 11.0. The lowest BCUT2D eigenvalue weighted by atomic mass is 10.3. The molecule has 6 nitrogen and oxygen atoms in total. The monoisotopic (exact) mass is 257 g/mol. The first-order chi connectivity index (χ1) is 7.74. The molecule has 84 valence electrons. The van der Waals surface area contributed by atoms with Crippen LogP contribution in [0.25, 0.3) is 11.0 Å². The summed E-state index contributed by atoms with van der Waals surface area (Å²) < 4.78 is 7.87. The van der Waals surface area contributed by atoms with E-state index in [1.54, 1.807) is 12.1 Å². The second-order valence-electron chi connectivity index (χ2n) is 2.87. The van der Waals surface area contributed by atoms with Crippen molar-refractivity contribution in [3.8, 4) is 0 Å². The Morgan fingerprint density at radius 1 is 1.50 bits per heavy atom. The summed E-state index contributed by atoms with van der Waals surface area (Å²) in [5, 5.41) is 19.7. The van der Waals surface area contributed by atoms with Gasteiger partial charge in [0.05, 0.1) is 28.2 Å².